The van der Waals surface area contributed by atoms with E-state index in [4.69, 9.17) is 17.3 Å². The molecule has 0 spiro atoms. The quantitative estimate of drug-likeness (QED) is 0.551. The average molecular weight is 444 g/mol. The summed E-state index contributed by atoms with van der Waals surface area (Å²) in [6.45, 7) is 5.39. The zero-order chi connectivity index (χ0) is 21.3. The summed E-state index contributed by atoms with van der Waals surface area (Å²) >= 11 is 7.44. The molecule has 3 aromatic rings. The lowest BCUT2D eigenvalue weighted by Gasteiger charge is -2.18. The van der Waals surface area contributed by atoms with Crippen LogP contribution < -0.4 is 21.3 Å². The highest BCUT2D eigenvalue weighted by molar-refractivity contribution is 7.17. The SMILES string of the molecule is Cc1nc(Nc2ncc(C(=O)Nc3c(C)cccc3Cl)s2)cc(N2CC[C@H](N)C2)n1. The molecule has 1 aromatic carbocycles. The Balaban J connectivity index is 1.48. The molecule has 3 heterocycles. The molecule has 0 bridgehead atoms. The number of carbonyl (C=O) groups excluding carboxylic acids is 1. The number of aryl methyl sites for hydroxylation is 2. The number of nitrogens with zero attached hydrogens (tertiary/aromatic N) is 4. The van der Waals surface area contributed by atoms with E-state index < -0.39 is 0 Å². The first-order valence-electron chi connectivity index (χ1n) is 9.54. The number of hydrogen-bond donors (Lipinski definition) is 3. The second-order valence-electron chi connectivity index (χ2n) is 7.19. The zero-order valence-corrected chi connectivity index (χ0v) is 18.2. The van der Waals surface area contributed by atoms with Crippen molar-refractivity contribution < 1.29 is 4.79 Å². The molecule has 10 heteroatoms. The number of amides is 1. The fourth-order valence-corrected chi connectivity index (χ4v) is 4.27. The Labute approximate surface area is 183 Å². The number of para-hydroxylation sites is 1. The molecule has 4 N–H and O–H groups in total. The lowest BCUT2D eigenvalue weighted by Crippen LogP contribution is -2.27. The molecule has 1 atom stereocenters. The highest BCUT2D eigenvalue weighted by Crippen LogP contribution is 2.28. The molecule has 0 radical (unpaired) electrons. The van der Waals surface area contributed by atoms with Gasteiger partial charge in [0.2, 0.25) is 0 Å². The molecule has 30 heavy (non-hydrogen) atoms. The van der Waals surface area contributed by atoms with E-state index in [9.17, 15) is 4.79 Å². The molecule has 0 unspecified atom stereocenters. The van der Waals surface area contributed by atoms with Crippen LogP contribution >= 0.6 is 22.9 Å². The standard InChI is InChI=1S/C20H22ClN7OS/c1-11-4-3-5-14(21)18(11)27-19(29)15-9-23-20(30-15)26-16-8-17(25-12(2)24-16)28-7-6-13(22)10-28/h3-5,8-9,13H,6-7,10,22H2,1-2H3,(H,27,29)(H,23,24,25,26)/t13-/m0/s1. The third-order valence-corrected chi connectivity index (χ3v) is 6.02. The predicted molar refractivity (Wildman–Crippen MR) is 121 cm³/mol. The van der Waals surface area contributed by atoms with Gasteiger partial charge in [0.15, 0.2) is 5.13 Å². The molecule has 0 aliphatic carbocycles. The number of aromatic nitrogens is 3. The van der Waals surface area contributed by atoms with Crippen LogP contribution in [0.2, 0.25) is 5.02 Å². The van der Waals surface area contributed by atoms with Crippen LogP contribution in [0.3, 0.4) is 0 Å². The summed E-state index contributed by atoms with van der Waals surface area (Å²) in [6, 6.07) is 7.52. The Bertz CT molecular complexity index is 1070. The number of nitrogens with two attached hydrogens (primary N) is 1. The molecule has 2 aromatic heterocycles. The third kappa shape index (κ3) is 4.53. The van der Waals surface area contributed by atoms with Gasteiger partial charge in [0.25, 0.3) is 5.91 Å². The molecule has 1 aliphatic rings. The molecule has 4 rings (SSSR count). The van der Waals surface area contributed by atoms with Gasteiger partial charge in [0.05, 0.1) is 16.9 Å². The minimum absolute atomic E-state index is 0.165. The Morgan fingerprint density at radius 2 is 2.17 bits per heavy atom. The van der Waals surface area contributed by atoms with Crippen molar-refractivity contribution in [3.63, 3.8) is 0 Å². The van der Waals surface area contributed by atoms with E-state index >= 15 is 0 Å². The van der Waals surface area contributed by atoms with Gasteiger partial charge in [-0.15, -0.1) is 0 Å². The van der Waals surface area contributed by atoms with E-state index in [-0.39, 0.29) is 11.9 Å². The maximum absolute atomic E-state index is 12.6. The maximum atomic E-state index is 12.6. The van der Waals surface area contributed by atoms with Gasteiger partial charge in [0, 0.05) is 25.2 Å². The van der Waals surface area contributed by atoms with Crippen LogP contribution in [-0.4, -0.2) is 40.0 Å². The van der Waals surface area contributed by atoms with E-state index in [0.29, 0.717) is 32.4 Å². The zero-order valence-electron chi connectivity index (χ0n) is 16.6. The number of benzene rings is 1. The lowest BCUT2D eigenvalue weighted by molar-refractivity contribution is 0.103. The Hall–Kier alpha value is -2.75. The lowest BCUT2D eigenvalue weighted by atomic mass is 10.2. The van der Waals surface area contributed by atoms with Gasteiger partial charge in [0.1, 0.15) is 22.3 Å². The molecule has 1 amide bonds. The topological polar surface area (TPSA) is 109 Å². The molecular weight excluding hydrogens is 422 g/mol. The van der Waals surface area contributed by atoms with Crippen LogP contribution in [0, 0.1) is 13.8 Å². The second-order valence-corrected chi connectivity index (χ2v) is 8.63. The van der Waals surface area contributed by atoms with Gasteiger partial charge in [-0.3, -0.25) is 4.79 Å². The highest BCUT2D eigenvalue weighted by atomic mass is 35.5. The van der Waals surface area contributed by atoms with E-state index in [0.717, 1.165) is 30.9 Å². The first kappa shape index (κ1) is 20.5. The van der Waals surface area contributed by atoms with Crippen LogP contribution in [0.5, 0.6) is 0 Å². The van der Waals surface area contributed by atoms with Crippen LogP contribution in [0.25, 0.3) is 0 Å². The summed E-state index contributed by atoms with van der Waals surface area (Å²) in [6.07, 6.45) is 2.48. The highest BCUT2D eigenvalue weighted by Gasteiger charge is 2.21. The van der Waals surface area contributed by atoms with Crippen molar-refractivity contribution in [3.05, 3.63) is 51.7 Å². The first-order chi connectivity index (χ1) is 14.4. The van der Waals surface area contributed by atoms with E-state index in [1.807, 2.05) is 32.0 Å². The summed E-state index contributed by atoms with van der Waals surface area (Å²) in [5.41, 5.74) is 7.51. The van der Waals surface area contributed by atoms with Gasteiger partial charge < -0.3 is 21.3 Å². The number of hydrogen-bond acceptors (Lipinski definition) is 8. The Morgan fingerprint density at radius 3 is 2.90 bits per heavy atom. The van der Waals surface area contributed by atoms with Crippen molar-refractivity contribution in [2.75, 3.05) is 28.6 Å². The summed E-state index contributed by atoms with van der Waals surface area (Å²) in [7, 11) is 0. The minimum Gasteiger partial charge on any atom is -0.355 e. The molecule has 1 saturated heterocycles. The summed E-state index contributed by atoms with van der Waals surface area (Å²) in [5.74, 6) is 1.85. The third-order valence-electron chi connectivity index (χ3n) is 4.80. The van der Waals surface area contributed by atoms with Gasteiger partial charge in [-0.05, 0) is 31.9 Å². The van der Waals surface area contributed by atoms with Crippen molar-refractivity contribution in [2.24, 2.45) is 5.73 Å². The number of halogens is 1. The largest absolute Gasteiger partial charge is 0.355 e. The van der Waals surface area contributed by atoms with Crippen molar-refractivity contribution in [1.82, 2.24) is 15.0 Å². The fourth-order valence-electron chi connectivity index (χ4n) is 3.29. The minimum atomic E-state index is -0.262. The van der Waals surface area contributed by atoms with Crippen molar-refractivity contribution in [2.45, 2.75) is 26.3 Å². The van der Waals surface area contributed by atoms with Crippen molar-refractivity contribution in [3.8, 4) is 0 Å². The van der Waals surface area contributed by atoms with E-state index in [2.05, 4.69) is 30.5 Å². The average Bonchev–Trinajstić information content (AvgIpc) is 3.33. The first-order valence-corrected chi connectivity index (χ1v) is 10.7. The van der Waals surface area contributed by atoms with Crippen LogP contribution in [0.15, 0.2) is 30.5 Å². The van der Waals surface area contributed by atoms with Crippen molar-refractivity contribution in [1.29, 1.82) is 0 Å². The summed E-state index contributed by atoms with van der Waals surface area (Å²) < 4.78 is 0. The summed E-state index contributed by atoms with van der Waals surface area (Å²) in [4.78, 5) is 28.5. The monoisotopic (exact) mass is 443 g/mol. The Kier molecular flexibility index (Phi) is 5.85. The number of nitrogens with one attached hydrogen (secondary N) is 2. The van der Waals surface area contributed by atoms with Crippen molar-refractivity contribution >= 4 is 51.3 Å². The molecule has 1 fully saturated rings. The molecule has 1 aliphatic heterocycles. The van der Waals surface area contributed by atoms with Gasteiger partial charge >= 0.3 is 0 Å². The number of thiazole rings is 1. The van der Waals surface area contributed by atoms with Crippen LogP contribution in [0.1, 0.15) is 27.5 Å². The van der Waals surface area contributed by atoms with Gasteiger partial charge in [-0.25, -0.2) is 15.0 Å². The van der Waals surface area contributed by atoms with E-state index in [1.165, 1.54) is 17.5 Å². The number of carbonyl (C=O) groups is 1. The number of anilines is 4. The maximum Gasteiger partial charge on any atom is 0.267 e. The van der Waals surface area contributed by atoms with Crippen LogP contribution in [0.4, 0.5) is 22.5 Å². The normalized spacial score (nSPS) is 16.0. The van der Waals surface area contributed by atoms with Crippen LogP contribution in [-0.2, 0) is 0 Å². The predicted octanol–water partition coefficient (Wildman–Crippen LogP) is 3.74. The van der Waals surface area contributed by atoms with E-state index in [1.54, 1.807) is 6.07 Å². The second kappa shape index (κ2) is 8.55. The molecule has 0 saturated carbocycles. The molecular formula is C20H22ClN7OS. The Morgan fingerprint density at radius 1 is 1.33 bits per heavy atom. The fraction of sp³-hybridized carbons (Fsp3) is 0.300. The summed E-state index contributed by atoms with van der Waals surface area (Å²) in [5, 5.41) is 7.10. The van der Waals surface area contributed by atoms with Gasteiger partial charge in [-0.2, -0.15) is 0 Å². The number of rotatable bonds is 5. The molecule has 156 valence electrons. The smallest absolute Gasteiger partial charge is 0.267 e. The van der Waals surface area contributed by atoms with Gasteiger partial charge in [-0.1, -0.05) is 35.1 Å². The molecule has 8 nitrogen and oxygen atoms in total.